The first-order valence-corrected chi connectivity index (χ1v) is 7.15. The Bertz CT molecular complexity index is 305. The van der Waals surface area contributed by atoms with Gasteiger partial charge in [-0.1, -0.05) is 66.5 Å². The molecular formula is C17H30O. The van der Waals surface area contributed by atoms with Gasteiger partial charge in [-0.3, -0.25) is 0 Å². The first-order chi connectivity index (χ1) is 8.36. The van der Waals surface area contributed by atoms with Crippen LogP contribution in [0.3, 0.4) is 0 Å². The fraction of sp³-hybridized carbons (Fsp3) is 0.647. The molecule has 1 N–H and O–H groups in total. The van der Waals surface area contributed by atoms with Crippen molar-refractivity contribution in [1.29, 1.82) is 0 Å². The van der Waals surface area contributed by atoms with Gasteiger partial charge >= 0.3 is 0 Å². The summed E-state index contributed by atoms with van der Waals surface area (Å²) in [7, 11) is 0. The molecule has 0 radical (unpaired) electrons. The Hall–Kier alpha value is -0.980. The molecule has 0 spiro atoms. The minimum atomic E-state index is 0.285. The van der Waals surface area contributed by atoms with Gasteiger partial charge in [-0.2, -0.15) is 0 Å². The van der Waals surface area contributed by atoms with Crippen molar-refractivity contribution in [2.75, 3.05) is 0 Å². The van der Waals surface area contributed by atoms with Crippen LogP contribution in [0.15, 0.2) is 24.3 Å². The van der Waals surface area contributed by atoms with Gasteiger partial charge in [0.15, 0.2) is 0 Å². The number of rotatable bonds is 3. The van der Waals surface area contributed by atoms with Crippen LogP contribution in [0.1, 0.15) is 72.3 Å². The second kappa shape index (κ2) is 8.18. The van der Waals surface area contributed by atoms with E-state index in [1.807, 2.05) is 12.1 Å². The zero-order valence-corrected chi connectivity index (χ0v) is 13.0. The van der Waals surface area contributed by atoms with Crippen molar-refractivity contribution in [3.05, 3.63) is 29.8 Å². The summed E-state index contributed by atoms with van der Waals surface area (Å²) < 4.78 is 0. The maximum absolute atomic E-state index is 9.27. The van der Waals surface area contributed by atoms with Crippen molar-refractivity contribution in [2.45, 2.75) is 66.7 Å². The minimum Gasteiger partial charge on any atom is -0.508 e. The van der Waals surface area contributed by atoms with Crippen LogP contribution in [0.2, 0.25) is 0 Å². The van der Waals surface area contributed by atoms with Crippen LogP contribution < -0.4 is 0 Å². The molecule has 0 saturated heterocycles. The molecule has 0 aromatic heterocycles. The quantitative estimate of drug-likeness (QED) is 0.725. The summed E-state index contributed by atoms with van der Waals surface area (Å²) >= 11 is 0. The van der Waals surface area contributed by atoms with Crippen molar-refractivity contribution < 1.29 is 5.11 Å². The third-order valence-electron chi connectivity index (χ3n) is 2.92. The number of hydrogen-bond donors (Lipinski definition) is 1. The molecule has 1 heteroatoms. The molecule has 1 atom stereocenters. The summed E-state index contributed by atoms with van der Waals surface area (Å²) in [6.07, 6.45) is 3.65. The van der Waals surface area contributed by atoms with Crippen molar-refractivity contribution in [3.63, 3.8) is 0 Å². The zero-order chi connectivity index (χ0) is 14.2. The highest BCUT2D eigenvalue weighted by Gasteiger charge is 2.25. The Morgan fingerprint density at radius 3 is 1.78 bits per heavy atom. The predicted molar refractivity (Wildman–Crippen MR) is 81.2 cm³/mol. The van der Waals surface area contributed by atoms with Crippen molar-refractivity contribution in [2.24, 2.45) is 5.41 Å². The van der Waals surface area contributed by atoms with E-state index in [-0.39, 0.29) is 5.41 Å². The normalized spacial score (nSPS) is 12.6. The summed E-state index contributed by atoms with van der Waals surface area (Å²) in [5.41, 5.74) is 1.62. The number of benzene rings is 1. The molecule has 0 fully saturated rings. The Labute approximate surface area is 113 Å². The van der Waals surface area contributed by atoms with E-state index < -0.39 is 0 Å². The third kappa shape index (κ3) is 6.09. The topological polar surface area (TPSA) is 20.2 Å². The van der Waals surface area contributed by atoms with E-state index in [4.69, 9.17) is 0 Å². The molecule has 1 rings (SSSR count). The van der Waals surface area contributed by atoms with E-state index >= 15 is 0 Å². The van der Waals surface area contributed by atoms with Crippen molar-refractivity contribution >= 4 is 0 Å². The van der Waals surface area contributed by atoms with Crippen LogP contribution in [0, 0.1) is 5.41 Å². The molecule has 1 nitrogen and oxygen atoms in total. The maximum atomic E-state index is 9.27. The molecule has 18 heavy (non-hydrogen) atoms. The largest absolute Gasteiger partial charge is 0.508 e. The molecule has 0 aliphatic rings. The lowest BCUT2D eigenvalue weighted by Crippen LogP contribution is -2.18. The molecule has 0 saturated carbocycles. The Morgan fingerprint density at radius 1 is 1.00 bits per heavy atom. The molecular weight excluding hydrogens is 220 g/mol. The standard InChI is InChI=1S/C14H22O.C3H8/c1-5-6-13(14(2,3)4)11-7-9-12(15)10-8-11;1-3-2/h7-10,13,15H,5-6H2,1-4H3;3H2,1-2H3. The van der Waals surface area contributed by atoms with Crippen molar-refractivity contribution in [1.82, 2.24) is 0 Å². The van der Waals surface area contributed by atoms with E-state index in [1.165, 1.54) is 24.8 Å². The van der Waals surface area contributed by atoms with Crippen LogP contribution in [-0.2, 0) is 0 Å². The van der Waals surface area contributed by atoms with Gasteiger partial charge in [-0.05, 0) is 35.4 Å². The molecule has 1 aromatic rings. The van der Waals surface area contributed by atoms with E-state index in [9.17, 15) is 5.11 Å². The fourth-order valence-corrected chi connectivity index (χ4v) is 2.09. The fourth-order valence-electron chi connectivity index (χ4n) is 2.09. The maximum Gasteiger partial charge on any atom is 0.115 e. The second-order valence-corrected chi connectivity index (χ2v) is 6.01. The Morgan fingerprint density at radius 2 is 1.44 bits per heavy atom. The van der Waals surface area contributed by atoms with E-state index in [0.717, 1.165) is 0 Å². The lowest BCUT2D eigenvalue weighted by atomic mass is 9.74. The molecule has 0 amide bonds. The Balaban J connectivity index is 0.000000873. The second-order valence-electron chi connectivity index (χ2n) is 6.01. The summed E-state index contributed by atoms with van der Waals surface area (Å²) in [5, 5.41) is 9.27. The average Bonchev–Trinajstić information content (AvgIpc) is 2.27. The van der Waals surface area contributed by atoms with Gasteiger partial charge < -0.3 is 5.11 Å². The monoisotopic (exact) mass is 250 g/mol. The van der Waals surface area contributed by atoms with E-state index in [1.54, 1.807) is 12.1 Å². The third-order valence-corrected chi connectivity index (χ3v) is 2.92. The smallest absolute Gasteiger partial charge is 0.115 e. The average molecular weight is 250 g/mol. The minimum absolute atomic E-state index is 0.285. The highest BCUT2D eigenvalue weighted by Crippen LogP contribution is 2.38. The number of aromatic hydroxyl groups is 1. The van der Waals surface area contributed by atoms with E-state index in [0.29, 0.717) is 11.7 Å². The molecule has 1 aromatic carbocycles. The molecule has 0 bridgehead atoms. The SMILES string of the molecule is CCC.CCCC(c1ccc(O)cc1)C(C)(C)C. The number of phenols is 1. The first-order valence-electron chi connectivity index (χ1n) is 7.15. The number of phenolic OH excluding ortho intramolecular Hbond substituents is 1. The summed E-state index contributed by atoms with van der Waals surface area (Å²) in [4.78, 5) is 0. The van der Waals surface area contributed by atoms with E-state index in [2.05, 4.69) is 41.5 Å². The highest BCUT2D eigenvalue weighted by atomic mass is 16.3. The molecule has 1 unspecified atom stereocenters. The Kier molecular flexibility index (Phi) is 7.73. The van der Waals surface area contributed by atoms with Crippen LogP contribution in [0.5, 0.6) is 5.75 Å². The van der Waals surface area contributed by atoms with Crippen LogP contribution in [0.4, 0.5) is 0 Å². The van der Waals surface area contributed by atoms with Crippen LogP contribution in [0.25, 0.3) is 0 Å². The van der Waals surface area contributed by atoms with Gasteiger partial charge in [-0.25, -0.2) is 0 Å². The number of hydrogen-bond acceptors (Lipinski definition) is 1. The van der Waals surface area contributed by atoms with Gasteiger partial charge in [0.05, 0.1) is 0 Å². The van der Waals surface area contributed by atoms with Crippen LogP contribution >= 0.6 is 0 Å². The summed E-state index contributed by atoms with van der Waals surface area (Å²) in [6.45, 7) is 13.3. The van der Waals surface area contributed by atoms with Crippen LogP contribution in [-0.4, -0.2) is 5.11 Å². The zero-order valence-electron chi connectivity index (χ0n) is 13.0. The predicted octanol–water partition coefficient (Wildman–Crippen LogP) is 5.74. The van der Waals surface area contributed by atoms with Gasteiger partial charge in [0.25, 0.3) is 0 Å². The molecule has 104 valence electrons. The summed E-state index contributed by atoms with van der Waals surface area (Å²) in [6, 6.07) is 7.65. The lowest BCUT2D eigenvalue weighted by molar-refractivity contribution is 0.303. The van der Waals surface area contributed by atoms with Gasteiger partial charge in [0, 0.05) is 0 Å². The molecule has 0 aliphatic heterocycles. The lowest BCUT2D eigenvalue weighted by Gasteiger charge is -2.31. The molecule has 0 heterocycles. The van der Waals surface area contributed by atoms with Gasteiger partial charge in [0.2, 0.25) is 0 Å². The highest BCUT2D eigenvalue weighted by molar-refractivity contribution is 5.29. The van der Waals surface area contributed by atoms with Gasteiger partial charge in [0.1, 0.15) is 5.75 Å². The van der Waals surface area contributed by atoms with Crippen molar-refractivity contribution in [3.8, 4) is 5.75 Å². The molecule has 0 aliphatic carbocycles. The summed E-state index contributed by atoms with van der Waals surface area (Å²) in [5.74, 6) is 0.922. The first kappa shape index (κ1) is 17.0. The van der Waals surface area contributed by atoms with Gasteiger partial charge in [-0.15, -0.1) is 0 Å².